The van der Waals surface area contributed by atoms with Gasteiger partial charge >= 0.3 is 0 Å². The number of H-pyrrole nitrogens is 1. The number of aryl methyl sites for hydroxylation is 1. The molecule has 0 aliphatic rings. The van der Waals surface area contributed by atoms with Crippen molar-refractivity contribution in [3.8, 4) is 0 Å². The van der Waals surface area contributed by atoms with Crippen molar-refractivity contribution < 1.29 is 9.59 Å². The van der Waals surface area contributed by atoms with Gasteiger partial charge in [0.2, 0.25) is 0 Å². The zero-order valence-electron chi connectivity index (χ0n) is 13.2. The number of hydrogen-bond donors (Lipinski definition) is 2. The van der Waals surface area contributed by atoms with E-state index in [1.54, 1.807) is 32.4 Å². The van der Waals surface area contributed by atoms with Crippen molar-refractivity contribution in [1.82, 2.24) is 20.3 Å². The molecule has 2 aromatic rings. The van der Waals surface area contributed by atoms with Crippen molar-refractivity contribution in [2.24, 2.45) is 0 Å². The number of carbonyl (C=O) groups is 2. The number of carbonyl (C=O) groups excluding carboxylic acids is 2. The Hall–Kier alpha value is -2.50. The minimum Gasteiger partial charge on any atom is -0.355 e. The molecule has 0 saturated heterocycles. The molecule has 0 saturated carbocycles. The highest BCUT2D eigenvalue weighted by Gasteiger charge is 2.21. The van der Waals surface area contributed by atoms with Crippen LogP contribution in [-0.2, 0) is 6.42 Å². The first-order chi connectivity index (χ1) is 10.4. The van der Waals surface area contributed by atoms with Crippen LogP contribution < -0.4 is 5.32 Å². The minimum atomic E-state index is -0.185. The molecule has 22 heavy (non-hydrogen) atoms. The quantitative estimate of drug-likeness (QED) is 0.827. The van der Waals surface area contributed by atoms with Crippen LogP contribution in [0.3, 0.4) is 0 Å². The van der Waals surface area contributed by atoms with Gasteiger partial charge in [0.25, 0.3) is 5.91 Å². The van der Waals surface area contributed by atoms with Crippen LogP contribution >= 0.6 is 0 Å². The Bertz CT molecular complexity index is 692. The molecule has 116 valence electrons. The van der Waals surface area contributed by atoms with E-state index in [9.17, 15) is 9.59 Å². The summed E-state index contributed by atoms with van der Waals surface area (Å²) in [6.07, 6.45) is 5.52. The van der Waals surface area contributed by atoms with Gasteiger partial charge in [-0.15, -0.1) is 0 Å². The molecule has 0 radical (unpaired) electrons. The van der Waals surface area contributed by atoms with Crippen LogP contribution in [0.15, 0.2) is 18.6 Å². The summed E-state index contributed by atoms with van der Waals surface area (Å²) in [4.78, 5) is 35.2. The fourth-order valence-corrected chi connectivity index (χ4v) is 2.54. The zero-order valence-corrected chi connectivity index (χ0v) is 13.2. The van der Waals surface area contributed by atoms with Gasteiger partial charge in [0, 0.05) is 43.7 Å². The van der Waals surface area contributed by atoms with E-state index in [2.05, 4.69) is 20.3 Å². The SMILES string of the molecule is CC(=O)c1[nH]c(C)c(C(=O)N[C@@H](C)Cc2cnccn2)c1C. The Morgan fingerprint density at radius 3 is 2.59 bits per heavy atom. The third kappa shape index (κ3) is 3.39. The predicted octanol–water partition coefficient (Wildman–Crippen LogP) is 1.99. The number of amides is 1. The van der Waals surface area contributed by atoms with Gasteiger partial charge in [-0.1, -0.05) is 0 Å². The Balaban J connectivity index is 2.11. The van der Waals surface area contributed by atoms with Crippen LogP contribution in [0.5, 0.6) is 0 Å². The molecule has 6 heteroatoms. The van der Waals surface area contributed by atoms with E-state index in [1.807, 2.05) is 6.92 Å². The lowest BCUT2D eigenvalue weighted by atomic mass is 10.1. The van der Waals surface area contributed by atoms with Gasteiger partial charge in [-0.2, -0.15) is 0 Å². The molecule has 1 amide bonds. The second kappa shape index (κ2) is 6.51. The highest BCUT2D eigenvalue weighted by molar-refractivity contribution is 6.02. The van der Waals surface area contributed by atoms with Crippen molar-refractivity contribution in [3.63, 3.8) is 0 Å². The summed E-state index contributed by atoms with van der Waals surface area (Å²) in [5.41, 5.74) is 3.24. The zero-order chi connectivity index (χ0) is 16.3. The molecule has 0 aromatic carbocycles. The Kier molecular flexibility index (Phi) is 4.70. The molecule has 2 heterocycles. The molecule has 2 rings (SSSR count). The van der Waals surface area contributed by atoms with E-state index in [-0.39, 0.29) is 17.7 Å². The Morgan fingerprint density at radius 1 is 1.32 bits per heavy atom. The first-order valence-corrected chi connectivity index (χ1v) is 7.16. The lowest BCUT2D eigenvalue weighted by molar-refractivity contribution is 0.0938. The van der Waals surface area contributed by atoms with E-state index < -0.39 is 0 Å². The first-order valence-electron chi connectivity index (χ1n) is 7.16. The Labute approximate surface area is 129 Å². The van der Waals surface area contributed by atoms with E-state index in [0.717, 1.165) is 5.69 Å². The number of rotatable bonds is 5. The van der Waals surface area contributed by atoms with Gasteiger partial charge in [-0.3, -0.25) is 19.6 Å². The highest BCUT2D eigenvalue weighted by atomic mass is 16.2. The summed E-state index contributed by atoms with van der Waals surface area (Å²) in [5, 5.41) is 2.94. The average Bonchev–Trinajstić information content (AvgIpc) is 2.75. The van der Waals surface area contributed by atoms with E-state index in [0.29, 0.717) is 28.9 Å². The molecule has 0 aliphatic heterocycles. The van der Waals surface area contributed by atoms with Gasteiger partial charge in [-0.05, 0) is 26.3 Å². The fraction of sp³-hybridized carbons (Fsp3) is 0.375. The molecule has 6 nitrogen and oxygen atoms in total. The van der Waals surface area contributed by atoms with E-state index >= 15 is 0 Å². The van der Waals surface area contributed by atoms with Gasteiger partial charge < -0.3 is 10.3 Å². The molecule has 0 aliphatic carbocycles. The summed E-state index contributed by atoms with van der Waals surface area (Å²) >= 11 is 0. The van der Waals surface area contributed by atoms with E-state index in [1.165, 1.54) is 6.92 Å². The molecule has 0 bridgehead atoms. The summed E-state index contributed by atoms with van der Waals surface area (Å²) in [7, 11) is 0. The van der Waals surface area contributed by atoms with Crippen molar-refractivity contribution in [2.45, 2.75) is 40.2 Å². The van der Waals surface area contributed by atoms with Gasteiger partial charge in [0.05, 0.1) is 17.0 Å². The third-order valence-electron chi connectivity index (χ3n) is 3.53. The van der Waals surface area contributed by atoms with Crippen LogP contribution in [0.1, 0.15) is 51.6 Å². The number of Topliss-reactive ketones (excluding diaryl/α,β-unsaturated/α-hetero) is 1. The predicted molar refractivity (Wildman–Crippen MR) is 82.9 cm³/mol. The summed E-state index contributed by atoms with van der Waals surface area (Å²) in [6, 6.07) is -0.0846. The largest absolute Gasteiger partial charge is 0.355 e. The van der Waals surface area contributed by atoms with Crippen LogP contribution in [0, 0.1) is 13.8 Å². The van der Waals surface area contributed by atoms with Crippen LogP contribution in [-0.4, -0.2) is 32.7 Å². The maximum Gasteiger partial charge on any atom is 0.253 e. The maximum absolute atomic E-state index is 12.4. The molecular formula is C16H20N4O2. The van der Waals surface area contributed by atoms with Crippen LogP contribution in [0.2, 0.25) is 0 Å². The van der Waals surface area contributed by atoms with E-state index in [4.69, 9.17) is 0 Å². The van der Waals surface area contributed by atoms with Crippen LogP contribution in [0.4, 0.5) is 0 Å². The number of aromatic nitrogens is 3. The number of nitrogens with one attached hydrogen (secondary N) is 2. The molecule has 1 atom stereocenters. The number of hydrogen-bond acceptors (Lipinski definition) is 4. The normalized spacial score (nSPS) is 12.0. The summed E-state index contributed by atoms with van der Waals surface area (Å²) in [6.45, 7) is 6.97. The lowest BCUT2D eigenvalue weighted by Gasteiger charge is -2.13. The van der Waals surface area contributed by atoms with Crippen LogP contribution in [0.25, 0.3) is 0 Å². The number of nitrogens with zero attached hydrogens (tertiary/aromatic N) is 2. The fourth-order valence-electron chi connectivity index (χ4n) is 2.54. The number of ketones is 1. The van der Waals surface area contributed by atoms with Crippen molar-refractivity contribution >= 4 is 11.7 Å². The standard InChI is InChI=1S/C16H20N4O2/c1-9(7-13-8-17-5-6-18-13)19-16(22)14-10(2)15(12(4)21)20-11(14)3/h5-6,8-9,20H,7H2,1-4H3,(H,19,22)/t9-/m0/s1. The highest BCUT2D eigenvalue weighted by Crippen LogP contribution is 2.18. The van der Waals surface area contributed by atoms with Crippen molar-refractivity contribution in [3.05, 3.63) is 46.8 Å². The van der Waals surface area contributed by atoms with Gasteiger partial charge in [-0.25, -0.2) is 0 Å². The third-order valence-corrected chi connectivity index (χ3v) is 3.53. The van der Waals surface area contributed by atoms with Gasteiger partial charge in [0.1, 0.15) is 0 Å². The summed E-state index contributed by atoms with van der Waals surface area (Å²) < 4.78 is 0. The molecule has 2 N–H and O–H groups in total. The lowest BCUT2D eigenvalue weighted by Crippen LogP contribution is -2.34. The molecular weight excluding hydrogens is 280 g/mol. The first kappa shape index (κ1) is 15.9. The van der Waals surface area contributed by atoms with Crippen molar-refractivity contribution in [2.75, 3.05) is 0 Å². The Morgan fingerprint density at radius 2 is 2.05 bits per heavy atom. The second-order valence-electron chi connectivity index (χ2n) is 5.46. The smallest absolute Gasteiger partial charge is 0.253 e. The van der Waals surface area contributed by atoms with Gasteiger partial charge in [0.15, 0.2) is 5.78 Å². The summed E-state index contributed by atoms with van der Waals surface area (Å²) in [5.74, 6) is -0.262. The molecule has 0 spiro atoms. The number of aromatic amines is 1. The monoisotopic (exact) mass is 300 g/mol. The minimum absolute atomic E-state index is 0.0766. The van der Waals surface area contributed by atoms with Crippen molar-refractivity contribution in [1.29, 1.82) is 0 Å². The maximum atomic E-state index is 12.4. The molecule has 2 aromatic heterocycles. The second-order valence-corrected chi connectivity index (χ2v) is 5.46. The topological polar surface area (TPSA) is 87.7 Å². The molecule has 0 fully saturated rings. The molecule has 0 unspecified atom stereocenters. The average molecular weight is 300 g/mol.